The first kappa shape index (κ1) is 9.68. The van der Waals surface area contributed by atoms with Crippen molar-refractivity contribution < 1.29 is 4.43 Å². The van der Waals surface area contributed by atoms with Crippen molar-refractivity contribution in [2.75, 3.05) is 6.61 Å². The number of rotatable bonds is 2. The molecule has 14 heavy (non-hydrogen) atoms. The molecule has 2 rings (SSSR count). The summed E-state index contributed by atoms with van der Waals surface area (Å²) in [6.45, 7) is 4.81. The fraction of sp³-hybridized carbons (Fsp3) is 0.333. The Morgan fingerprint density at radius 3 is 2.86 bits per heavy atom. The van der Waals surface area contributed by atoms with Gasteiger partial charge in [0.2, 0.25) is 9.04 Å². The third-order valence-electron chi connectivity index (χ3n) is 2.74. The van der Waals surface area contributed by atoms with Gasteiger partial charge in [0.25, 0.3) is 0 Å². The molecule has 1 unspecified atom stereocenters. The molecule has 1 nitrogen and oxygen atoms in total. The summed E-state index contributed by atoms with van der Waals surface area (Å²) in [5.74, 6) is 0. The summed E-state index contributed by atoms with van der Waals surface area (Å²) in [7, 11) is -1.11. The summed E-state index contributed by atoms with van der Waals surface area (Å²) < 4.78 is 5.90. The normalized spacial score (nSPS) is 21.9. The molecule has 1 saturated heterocycles. The van der Waals surface area contributed by atoms with Crippen LogP contribution in [0, 0.1) is 0 Å². The molecule has 1 aromatic carbocycles. The highest BCUT2D eigenvalue weighted by Gasteiger charge is 2.19. The number of hydrogen-bond donors (Lipinski definition) is 0. The van der Waals surface area contributed by atoms with Gasteiger partial charge < -0.3 is 4.43 Å². The summed E-state index contributed by atoms with van der Waals surface area (Å²) in [5, 5.41) is 1.43. The molecule has 0 spiro atoms. The minimum atomic E-state index is -1.11. The molecule has 1 aliphatic heterocycles. The fourth-order valence-corrected chi connectivity index (χ4v) is 4.66. The van der Waals surface area contributed by atoms with Crippen molar-refractivity contribution in [2.24, 2.45) is 0 Å². The number of benzene rings is 1. The first-order valence-electron chi connectivity index (χ1n) is 5.25. The second-order valence-corrected chi connectivity index (χ2v) is 6.20. The lowest BCUT2D eigenvalue weighted by Crippen LogP contribution is -2.37. The molecule has 0 radical (unpaired) electrons. The lowest BCUT2D eigenvalue weighted by atomic mass is 10.2. The SMILES string of the molecule is C=Cc1ccccc1[SiH]1CCCCO1. The molecule has 1 aliphatic rings. The standard InChI is InChI=1S/C12H16OSi/c1-2-11-7-3-4-8-12(11)14-10-6-5-9-13-14/h2-4,7-8,14H,1,5-6,9-10H2. The molecular formula is C12H16OSi. The van der Waals surface area contributed by atoms with Crippen molar-refractivity contribution in [1.29, 1.82) is 0 Å². The Hall–Kier alpha value is -0.863. The van der Waals surface area contributed by atoms with Crippen LogP contribution in [-0.2, 0) is 4.43 Å². The van der Waals surface area contributed by atoms with Gasteiger partial charge >= 0.3 is 0 Å². The van der Waals surface area contributed by atoms with Crippen LogP contribution in [-0.4, -0.2) is 15.6 Å². The van der Waals surface area contributed by atoms with E-state index in [2.05, 4.69) is 30.8 Å². The average Bonchev–Trinajstić information content (AvgIpc) is 2.30. The van der Waals surface area contributed by atoms with E-state index in [1.165, 1.54) is 29.6 Å². The third kappa shape index (κ3) is 1.96. The van der Waals surface area contributed by atoms with Gasteiger partial charge in [-0.2, -0.15) is 0 Å². The van der Waals surface area contributed by atoms with E-state index in [9.17, 15) is 0 Å². The minimum absolute atomic E-state index is 0.961. The predicted octanol–water partition coefficient (Wildman–Crippen LogP) is 2.07. The van der Waals surface area contributed by atoms with Gasteiger partial charge in [0.15, 0.2) is 0 Å². The van der Waals surface area contributed by atoms with E-state index in [4.69, 9.17) is 4.43 Å². The smallest absolute Gasteiger partial charge is 0.208 e. The summed E-state index contributed by atoms with van der Waals surface area (Å²) in [4.78, 5) is 0. The van der Waals surface area contributed by atoms with E-state index in [-0.39, 0.29) is 0 Å². The topological polar surface area (TPSA) is 9.23 Å². The summed E-state index contributed by atoms with van der Waals surface area (Å²) in [6, 6.07) is 9.79. The maximum Gasteiger partial charge on any atom is 0.208 e. The maximum absolute atomic E-state index is 5.90. The Morgan fingerprint density at radius 2 is 2.14 bits per heavy atom. The monoisotopic (exact) mass is 204 g/mol. The number of hydrogen-bond acceptors (Lipinski definition) is 1. The van der Waals surface area contributed by atoms with Crippen LogP contribution in [0.2, 0.25) is 6.04 Å². The third-order valence-corrected chi connectivity index (χ3v) is 5.53. The quantitative estimate of drug-likeness (QED) is 0.670. The van der Waals surface area contributed by atoms with Gasteiger partial charge in [-0.15, -0.1) is 0 Å². The Morgan fingerprint density at radius 1 is 1.29 bits per heavy atom. The first-order chi connectivity index (χ1) is 6.92. The van der Waals surface area contributed by atoms with Gasteiger partial charge in [0, 0.05) is 6.61 Å². The lowest BCUT2D eigenvalue weighted by Gasteiger charge is -2.22. The lowest BCUT2D eigenvalue weighted by molar-refractivity contribution is 0.294. The van der Waals surface area contributed by atoms with Crippen molar-refractivity contribution in [3.05, 3.63) is 36.4 Å². The van der Waals surface area contributed by atoms with Gasteiger partial charge in [0.05, 0.1) is 0 Å². The average molecular weight is 204 g/mol. The molecule has 0 bridgehead atoms. The first-order valence-corrected chi connectivity index (χ1v) is 7.11. The molecule has 1 atom stereocenters. The largest absolute Gasteiger partial charge is 0.415 e. The summed E-state index contributed by atoms with van der Waals surface area (Å²) in [5.41, 5.74) is 1.27. The van der Waals surface area contributed by atoms with Gasteiger partial charge in [-0.25, -0.2) is 0 Å². The van der Waals surface area contributed by atoms with Gasteiger partial charge in [-0.05, 0) is 23.2 Å². The van der Waals surface area contributed by atoms with Crippen LogP contribution in [0.3, 0.4) is 0 Å². The van der Waals surface area contributed by atoms with Crippen molar-refractivity contribution in [3.63, 3.8) is 0 Å². The highest BCUT2D eigenvalue weighted by molar-refractivity contribution is 6.68. The highest BCUT2D eigenvalue weighted by atomic mass is 28.3. The van der Waals surface area contributed by atoms with Gasteiger partial charge in [-0.3, -0.25) is 0 Å². The van der Waals surface area contributed by atoms with Gasteiger partial charge in [0.1, 0.15) is 0 Å². The fourth-order valence-electron chi connectivity index (χ4n) is 1.98. The second kappa shape index (κ2) is 4.58. The van der Waals surface area contributed by atoms with Crippen molar-refractivity contribution >= 4 is 20.3 Å². The van der Waals surface area contributed by atoms with E-state index >= 15 is 0 Å². The van der Waals surface area contributed by atoms with Crippen molar-refractivity contribution in [2.45, 2.75) is 18.9 Å². The molecule has 0 aromatic heterocycles. The Kier molecular flexibility index (Phi) is 3.17. The summed E-state index contributed by atoms with van der Waals surface area (Å²) in [6.07, 6.45) is 4.52. The molecule has 0 saturated carbocycles. The zero-order chi connectivity index (χ0) is 9.80. The second-order valence-electron chi connectivity index (χ2n) is 3.69. The molecular weight excluding hydrogens is 188 g/mol. The molecule has 74 valence electrons. The van der Waals surface area contributed by atoms with Crippen LogP contribution >= 0.6 is 0 Å². The minimum Gasteiger partial charge on any atom is -0.415 e. The van der Waals surface area contributed by atoms with E-state index in [1.54, 1.807) is 0 Å². The molecule has 0 aliphatic carbocycles. The maximum atomic E-state index is 5.90. The van der Waals surface area contributed by atoms with E-state index in [0.717, 1.165) is 6.61 Å². The zero-order valence-electron chi connectivity index (χ0n) is 8.41. The van der Waals surface area contributed by atoms with Crippen LogP contribution in [0.4, 0.5) is 0 Å². The highest BCUT2D eigenvalue weighted by Crippen LogP contribution is 2.12. The van der Waals surface area contributed by atoms with E-state index in [1.807, 2.05) is 6.08 Å². The molecule has 0 amide bonds. The van der Waals surface area contributed by atoms with Crippen LogP contribution in [0.15, 0.2) is 30.8 Å². The van der Waals surface area contributed by atoms with Crippen LogP contribution < -0.4 is 5.19 Å². The zero-order valence-corrected chi connectivity index (χ0v) is 9.56. The molecule has 1 aromatic rings. The van der Waals surface area contributed by atoms with Crippen molar-refractivity contribution in [1.82, 2.24) is 0 Å². The van der Waals surface area contributed by atoms with E-state index < -0.39 is 9.04 Å². The molecule has 1 fully saturated rings. The molecule has 0 N–H and O–H groups in total. The van der Waals surface area contributed by atoms with Crippen molar-refractivity contribution in [3.8, 4) is 0 Å². The van der Waals surface area contributed by atoms with Crippen LogP contribution in [0.25, 0.3) is 6.08 Å². The van der Waals surface area contributed by atoms with Crippen LogP contribution in [0.1, 0.15) is 18.4 Å². The van der Waals surface area contributed by atoms with Crippen LogP contribution in [0.5, 0.6) is 0 Å². The van der Waals surface area contributed by atoms with Gasteiger partial charge in [-0.1, -0.05) is 43.3 Å². The summed E-state index contributed by atoms with van der Waals surface area (Å²) >= 11 is 0. The Balaban J connectivity index is 2.24. The Labute approximate surface area is 87.1 Å². The van der Waals surface area contributed by atoms with E-state index in [0.29, 0.717) is 0 Å². The molecule has 1 heterocycles. The molecule has 2 heteroatoms. The predicted molar refractivity (Wildman–Crippen MR) is 63.3 cm³/mol. The Bertz CT molecular complexity index is 316.